The highest BCUT2D eigenvalue weighted by Crippen LogP contribution is 2.39. The van der Waals surface area contributed by atoms with Gasteiger partial charge < -0.3 is 10.6 Å². The number of rotatable bonds is 1. The summed E-state index contributed by atoms with van der Waals surface area (Å²) in [6.07, 6.45) is 0.755. The first-order valence-corrected chi connectivity index (χ1v) is 7.66. The largest absolute Gasteiger partial charge is 0.397 e. The lowest BCUT2D eigenvalue weighted by molar-refractivity contribution is 0.313. The lowest BCUT2D eigenvalue weighted by Gasteiger charge is -2.29. The predicted molar refractivity (Wildman–Crippen MR) is 90.8 cm³/mol. The summed E-state index contributed by atoms with van der Waals surface area (Å²) in [6, 6.07) is 11.7. The summed E-state index contributed by atoms with van der Waals surface area (Å²) in [5, 5.41) is 19.7. The molecule has 2 aromatic carbocycles. The Morgan fingerprint density at radius 3 is 2.35 bits per heavy atom. The van der Waals surface area contributed by atoms with Crippen molar-refractivity contribution in [3.63, 3.8) is 0 Å². The Morgan fingerprint density at radius 2 is 1.74 bits per heavy atom. The molecule has 0 bridgehead atoms. The summed E-state index contributed by atoms with van der Waals surface area (Å²) in [4.78, 5) is 2.18. The zero-order valence-electron chi connectivity index (χ0n) is 12.7. The molecule has 0 spiro atoms. The molecular formula is C18H15ClN4. The third kappa shape index (κ3) is 2.53. The van der Waals surface area contributed by atoms with E-state index in [2.05, 4.69) is 17.0 Å². The highest BCUT2D eigenvalue weighted by molar-refractivity contribution is 6.30. The Balaban J connectivity index is 2.38. The molecule has 0 aromatic heterocycles. The van der Waals surface area contributed by atoms with Gasteiger partial charge >= 0.3 is 0 Å². The summed E-state index contributed by atoms with van der Waals surface area (Å²) in [5.41, 5.74) is 10.9. The van der Waals surface area contributed by atoms with Gasteiger partial charge in [-0.25, -0.2) is 0 Å². The Bertz CT molecular complexity index is 857. The number of nitrogens with two attached hydrogens (primary N) is 1. The number of likely N-dealkylation sites (N-methyl/N-ethyl adjacent to an activating group) is 1. The maximum atomic E-state index is 9.62. The van der Waals surface area contributed by atoms with Crippen LogP contribution in [-0.4, -0.2) is 18.5 Å². The highest BCUT2D eigenvalue weighted by Gasteiger charge is 2.26. The first kappa shape index (κ1) is 15.4. The minimum Gasteiger partial charge on any atom is -0.397 e. The van der Waals surface area contributed by atoms with Gasteiger partial charge in [-0.05, 0) is 42.3 Å². The molecule has 2 aromatic rings. The number of hydrogen-bond acceptors (Lipinski definition) is 4. The monoisotopic (exact) mass is 322 g/mol. The Labute approximate surface area is 140 Å². The van der Waals surface area contributed by atoms with Crippen LogP contribution in [-0.2, 0) is 13.0 Å². The first-order valence-electron chi connectivity index (χ1n) is 7.28. The van der Waals surface area contributed by atoms with E-state index in [1.54, 1.807) is 12.1 Å². The van der Waals surface area contributed by atoms with Gasteiger partial charge in [-0.15, -0.1) is 0 Å². The molecule has 0 atom stereocenters. The van der Waals surface area contributed by atoms with Gasteiger partial charge in [-0.1, -0.05) is 23.7 Å². The smallest absolute Gasteiger partial charge is 0.102 e. The van der Waals surface area contributed by atoms with Crippen molar-refractivity contribution >= 4 is 17.3 Å². The van der Waals surface area contributed by atoms with Gasteiger partial charge in [-0.3, -0.25) is 0 Å². The van der Waals surface area contributed by atoms with E-state index in [-0.39, 0.29) is 5.69 Å². The van der Waals surface area contributed by atoms with Crippen molar-refractivity contribution in [1.82, 2.24) is 4.90 Å². The quantitative estimate of drug-likeness (QED) is 0.817. The van der Waals surface area contributed by atoms with Gasteiger partial charge in [0.15, 0.2) is 0 Å². The molecule has 3 rings (SSSR count). The maximum absolute atomic E-state index is 9.62. The van der Waals surface area contributed by atoms with E-state index < -0.39 is 0 Å². The number of benzene rings is 2. The second kappa shape index (κ2) is 5.93. The third-order valence-corrected chi connectivity index (χ3v) is 4.54. The molecule has 114 valence electrons. The van der Waals surface area contributed by atoms with E-state index in [4.69, 9.17) is 17.3 Å². The number of anilines is 1. The third-order valence-electron chi connectivity index (χ3n) is 4.28. The number of halogens is 1. The number of fused-ring (bicyclic) bond motifs is 1. The minimum absolute atomic E-state index is 0.281. The van der Waals surface area contributed by atoms with Crippen LogP contribution in [0.25, 0.3) is 11.1 Å². The van der Waals surface area contributed by atoms with Crippen molar-refractivity contribution in [3.8, 4) is 23.3 Å². The molecule has 0 unspecified atom stereocenters. The van der Waals surface area contributed by atoms with Gasteiger partial charge in [0.2, 0.25) is 0 Å². The van der Waals surface area contributed by atoms with E-state index in [9.17, 15) is 10.5 Å². The molecule has 5 heteroatoms. The van der Waals surface area contributed by atoms with Crippen LogP contribution in [0.4, 0.5) is 5.69 Å². The summed E-state index contributed by atoms with van der Waals surface area (Å²) >= 11 is 5.98. The normalized spacial score (nSPS) is 13.9. The molecule has 1 aliphatic heterocycles. The fraction of sp³-hybridized carbons (Fsp3) is 0.222. The number of nitrogen functional groups attached to an aromatic ring is 1. The van der Waals surface area contributed by atoms with Crippen molar-refractivity contribution in [2.45, 2.75) is 13.0 Å². The fourth-order valence-corrected chi connectivity index (χ4v) is 3.28. The van der Waals surface area contributed by atoms with E-state index in [0.717, 1.165) is 35.2 Å². The number of hydrogen-bond donors (Lipinski definition) is 1. The van der Waals surface area contributed by atoms with Gasteiger partial charge in [0.05, 0.1) is 16.8 Å². The SMILES string of the molecule is CN1CCc2c(C#N)c(N)c(C#N)c(-c3ccc(Cl)cc3)c2C1. The van der Waals surface area contributed by atoms with Crippen molar-refractivity contribution in [3.05, 3.63) is 51.5 Å². The average molecular weight is 323 g/mol. The molecule has 1 heterocycles. The molecule has 0 aliphatic carbocycles. The summed E-state index contributed by atoms with van der Waals surface area (Å²) in [7, 11) is 2.03. The number of nitrogens with zero attached hydrogens (tertiary/aromatic N) is 3. The second-order valence-electron chi connectivity index (χ2n) is 5.71. The molecule has 0 fully saturated rings. The van der Waals surface area contributed by atoms with Crippen LogP contribution in [0.2, 0.25) is 5.02 Å². The molecule has 2 N–H and O–H groups in total. The van der Waals surface area contributed by atoms with Crippen LogP contribution < -0.4 is 5.73 Å². The Morgan fingerprint density at radius 1 is 1.09 bits per heavy atom. The van der Waals surface area contributed by atoms with E-state index in [1.165, 1.54) is 0 Å². The van der Waals surface area contributed by atoms with Crippen LogP contribution in [0.3, 0.4) is 0 Å². The predicted octanol–water partition coefficient (Wildman–Crippen LogP) is 3.32. The van der Waals surface area contributed by atoms with E-state index in [1.807, 2.05) is 19.2 Å². The first-order chi connectivity index (χ1) is 11.1. The molecule has 4 nitrogen and oxygen atoms in total. The molecule has 0 amide bonds. The molecular weight excluding hydrogens is 308 g/mol. The maximum Gasteiger partial charge on any atom is 0.102 e. The lowest BCUT2D eigenvalue weighted by atomic mass is 9.84. The summed E-state index contributed by atoms with van der Waals surface area (Å²) < 4.78 is 0. The van der Waals surface area contributed by atoms with Crippen LogP contribution in [0.1, 0.15) is 22.3 Å². The minimum atomic E-state index is 0.281. The average Bonchev–Trinajstić information content (AvgIpc) is 2.55. The lowest BCUT2D eigenvalue weighted by Crippen LogP contribution is -2.28. The van der Waals surface area contributed by atoms with Crippen LogP contribution in [0, 0.1) is 22.7 Å². The van der Waals surface area contributed by atoms with Crippen molar-refractivity contribution in [1.29, 1.82) is 10.5 Å². The highest BCUT2D eigenvalue weighted by atomic mass is 35.5. The molecule has 0 saturated carbocycles. The topological polar surface area (TPSA) is 76.8 Å². The standard InChI is InChI=1S/C18H15ClN4/c1-23-7-6-13-14(8-20)18(22)15(9-21)17(16(13)10-23)11-2-4-12(19)5-3-11/h2-5H,6-7,10,22H2,1H3. The van der Waals surface area contributed by atoms with Gasteiger partial charge in [-0.2, -0.15) is 10.5 Å². The van der Waals surface area contributed by atoms with Crippen molar-refractivity contribution in [2.75, 3.05) is 19.3 Å². The molecule has 0 saturated heterocycles. The van der Waals surface area contributed by atoms with Gasteiger partial charge in [0.1, 0.15) is 12.1 Å². The Kier molecular flexibility index (Phi) is 3.96. The van der Waals surface area contributed by atoms with E-state index in [0.29, 0.717) is 22.7 Å². The zero-order valence-corrected chi connectivity index (χ0v) is 13.5. The summed E-state index contributed by atoms with van der Waals surface area (Å²) in [6.45, 7) is 1.56. The summed E-state index contributed by atoms with van der Waals surface area (Å²) in [5.74, 6) is 0. The van der Waals surface area contributed by atoms with Crippen LogP contribution in [0.15, 0.2) is 24.3 Å². The van der Waals surface area contributed by atoms with Crippen molar-refractivity contribution in [2.24, 2.45) is 0 Å². The zero-order chi connectivity index (χ0) is 16.6. The van der Waals surface area contributed by atoms with Crippen LogP contribution in [0.5, 0.6) is 0 Å². The fourth-order valence-electron chi connectivity index (χ4n) is 3.16. The van der Waals surface area contributed by atoms with Crippen LogP contribution >= 0.6 is 11.6 Å². The van der Waals surface area contributed by atoms with E-state index >= 15 is 0 Å². The Hall–Kier alpha value is -2.53. The molecule has 1 aliphatic rings. The second-order valence-corrected chi connectivity index (χ2v) is 6.15. The number of nitriles is 2. The van der Waals surface area contributed by atoms with Gasteiger partial charge in [0, 0.05) is 23.7 Å². The van der Waals surface area contributed by atoms with Gasteiger partial charge in [0.25, 0.3) is 0 Å². The van der Waals surface area contributed by atoms with Crippen molar-refractivity contribution < 1.29 is 0 Å². The molecule has 0 radical (unpaired) electrons. The molecule has 23 heavy (non-hydrogen) atoms.